The largest absolute Gasteiger partial charge is 0.357 e. The first-order valence-corrected chi connectivity index (χ1v) is 10.7. The summed E-state index contributed by atoms with van der Waals surface area (Å²) in [5.74, 6) is 1.38. The Morgan fingerprint density at radius 3 is 2.66 bits per heavy atom. The zero-order chi connectivity index (χ0) is 20.4. The minimum absolute atomic E-state index is 0. The van der Waals surface area contributed by atoms with Crippen LogP contribution < -0.4 is 10.6 Å². The van der Waals surface area contributed by atoms with E-state index in [4.69, 9.17) is 4.99 Å². The van der Waals surface area contributed by atoms with Gasteiger partial charge in [-0.15, -0.1) is 35.3 Å². The lowest BCUT2D eigenvalue weighted by atomic mass is 10.1. The Morgan fingerprint density at radius 2 is 2.00 bits per heavy atom. The van der Waals surface area contributed by atoms with E-state index in [-0.39, 0.29) is 29.9 Å². The van der Waals surface area contributed by atoms with Crippen LogP contribution in [-0.4, -0.2) is 50.5 Å². The molecule has 0 radical (unpaired) electrons. The molecule has 2 aromatic rings. The van der Waals surface area contributed by atoms with Gasteiger partial charge in [-0.2, -0.15) is 0 Å². The van der Waals surface area contributed by atoms with Crippen molar-refractivity contribution in [3.8, 4) is 0 Å². The lowest BCUT2D eigenvalue weighted by Gasteiger charge is -2.14. The third kappa shape index (κ3) is 9.16. The second kappa shape index (κ2) is 13.6. The zero-order valence-corrected chi connectivity index (χ0v) is 20.9. The Kier molecular flexibility index (Phi) is 11.9. The molecule has 29 heavy (non-hydrogen) atoms. The van der Waals surface area contributed by atoms with E-state index in [0.717, 1.165) is 49.6 Å². The highest BCUT2D eigenvalue weighted by molar-refractivity contribution is 14.0. The summed E-state index contributed by atoms with van der Waals surface area (Å²) in [5, 5.41) is 8.83. The number of nitrogens with one attached hydrogen (secondary N) is 2. The Balaban J connectivity index is 0.00000420. The van der Waals surface area contributed by atoms with Crippen molar-refractivity contribution in [3.05, 3.63) is 57.8 Å². The van der Waals surface area contributed by atoms with E-state index in [1.165, 1.54) is 4.88 Å². The van der Waals surface area contributed by atoms with Crippen molar-refractivity contribution in [2.24, 2.45) is 10.9 Å². The van der Waals surface area contributed by atoms with Crippen molar-refractivity contribution in [2.75, 3.05) is 33.7 Å². The lowest BCUT2D eigenvalue weighted by molar-refractivity contribution is 0.0827. The van der Waals surface area contributed by atoms with Gasteiger partial charge in [0.2, 0.25) is 0 Å². The molecular weight excluding hydrogens is 495 g/mol. The van der Waals surface area contributed by atoms with E-state index in [1.54, 1.807) is 30.3 Å². The first-order chi connectivity index (χ1) is 13.5. The third-order valence-corrected chi connectivity index (χ3v) is 5.22. The van der Waals surface area contributed by atoms with Crippen LogP contribution in [0.15, 0.2) is 46.8 Å². The maximum absolute atomic E-state index is 12.1. The minimum atomic E-state index is 0. The van der Waals surface area contributed by atoms with Crippen LogP contribution in [0.5, 0.6) is 0 Å². The van der Waals surface area contributed by atoms with Crippen LogP contribution in [0.25, 0.3) is 0 Å². The van der Waals surface area contributed by atoms with Gasteiger partial charge in [0.25, 0.3) is 5.91 Å². The van der Waals surface area contributed by atoms with Gasteiger partial charge in [0, 0.05) is 44.2 Å². The van der Waals surface area contributed by atoms with Gasteiger partial charge in [-0.3, -0.25) is 9.79 Å². The summed E-state index contributed by atoms with van der Waals surface area (Å²) in [6, 6.07) is 12.1. The Morgan fingerprint density at radius 1 is 1.21 bits per heavy atom. The predicted octanol–water partition coefficient (Wildman–Crippen LogP) is 4.04. The third-order valence-electron chi connectivity index (χ3n) is 4.32. The van der Waals surface area contributed by atoms with Crippen molar-refractivity contribution >= 4 is 47.2 Å². The van der Waals surface area contributed by atoms with Crippen LogP contribution >= 0.6 is 35.3 Å². The van der Waals surface area contributed by atoms with Crippen molar-refractivity contribution in [2.45, 2.75) is 26.7 Å². The number of aliphatic imine (C=N–C) groups is 1. The molecule has 2 N–H and O–H groups in total. The maximum Gasteiger partial charge on any atom is 0.253 e. The SMILES string of the molecule is CCNC(=NCC(C)Cc1cccs1)NCCc1cccc(C(=O)N(C)C)c1.I. The zero-order valence-electron chi connectivity index (χ0n) is 17.8. The first kappa shape index (κ1) is 25.4. The van der Waals surface area contributed by atoms with Crippen molar-refractivity contribution in [1.82, 2.24) is 15.5 Å². The molecular formula is C22H33IN4OS. The molecule has 0 aliphatic rings. The summed E-state index contributed by atoms with van der Waals surface area (Å²) in [6.07, 6.45) is 1.90. The number of carbonyl (C=O) groups is 1. The quantitative estimate of drug-likeness (QED) is 0.294. The molecule has 0 fully saturated rings. The normalized spacial score (nSPS) is 12.1. The van der Waals surface area contributed by atoms with Crippen LogP contribution in [0.3, 0.4) is 0 Å². The molecule has 0 bridgehead atoms. The van der Waals surface area contributed by atoms with E-state index in [9.17, 15) is 4.79 Å². The Bertz CT molecular complexity index is 762. The van der Waals surface area contributed by atoms with Crippen molar-refractivity contribution < 1.29 is 4.79 Å². The van der Waals surface area contributed by atoms with Crippen LogP contribution in [0.1, 0.15) is 34.6 Å². The number of carbonyl (C=O) groups excluding carboxylic acids is 1. The van der Waals surface area contributed by atoms with Gasteiger partial charge in [-0.1, -0.05) is 25.1 Å². The molecule has 0 aliphatic carbocycles. The molecule has 5 nitrogen and oxygen atoms in total. The number of amides is 1. The standard InChI is InChI=1S/C22H32N4OS.HI/c1-5-23-22(25-16-17(2)14-20-10-7-13-28-20)24-12-11-18-8-6-9-19(15-18)21(27)26(3)4;/h6-10,13,15,17H,5,11-12,14,16H2,1-4H3,(H2,23,24,25);1H. The second-order valence-electron chi connectivity index (χ2n) is 7.19. The van der Waals surface area contributed by atoms with E-state index < -0.39 is 0 Å². The average Bonchev–Trinajstić information content (AvgIpc) is 3.18. The average molecular weight is 529 g/mol. The molecule has 0 aliphatic heterocycles. The minimum Gasteiger partial charge on any atom is -0.357 e. The van der Waals surface area contributed by atoms with E-state index in [2.05, 4.69) is 48.1 Å². The van der Waals surface area contributed by atoms with Gasteiger partial charge < -0.3 is 15.5 Å². The van der Waals surface area contributed by atoms with Crippen molar-refractivity contribution in [1.29, 1.82) is 0 Å². The van der Waals surface area contributed by atoms with Gasteiger partial charge in [0.05, 0.1) is 0 Å². The summed E-state index contributed by atoms with van der Waals surface area (Å²) >= 11 is 1.81. The molecule has 1 amide bonds. The van der Waals surface area contributed by atoms with Gasteiger partial charge in [-0.25, -0.2) is 0 Å². The summed E-state index contributed by atoms with van der Waals surface area (Å²) in [6.45, 7) is 6.70. The topological polar surface area (TPSA) is 56.7 Å². The Hall–Kier alpha value is -1.61. The fourth-order valence-electron chi connectivity index (χ4n) is 2.87. The van der Waals surface area contributed by atoms with Gasteiger partial charge in [0.1, 0.15) is 0 Å². The smallest absolute Gasteiger partial charge is 0.253 e. The van der Waals surface area contributed by atoms with Crippen LogP contribution in [0, 0.1) is 5.92 Å². The van der Waals surface area contributed by atoms with Gasteiger partial charge in [0.15, 0.2) is 5.96 Å². The fraction of sp³-hybridized carbons (Fsp3) is 0.455. The highest BCUT2D eigenvalue weighted by Gasteiger charge is 2.08. The molecule has 1 aromatic carbocycles. The molecule has 0 spiro atoms. The lowest BCUT2D eigenvalue weighted by Crippen LogP contribution is -2.38. The molecule has 160 valence electrons. The summed E-state index contributed by atoms with van der Waals surface area (Å²) in [5.41, 5.74) is 1.87. The number of thiophene rings is 1. The molecule has 1 aromatic heterocycles. The molecule has 7 heteroatoms. The number of guanidine groups is 1. The number of rotatable bonds is 9. The van der Waals surface area contributed by atoms with Gasteiger partial charge in [-0.05, 0) is 54.8 Å². The summed E-state index contributed by atoms with van der Waals surface area (Å²) in [4.78, 5) is 19.9. The molecule has 0 saturated heterocycles. The summed E-state index contributed by atoms with van der Waals surface area (Å²) in [7, 11) is 3.55. The molecule has 0 saturated carbocycles. The maximum atomic E-state index is 12.1. The number of benzene rings is 1. The van der Waals surface area contributed by atoms with E-state index >= 15 is 0 Å². The van der Waals surface area contributed by atoms with Crippen LogP contribution in [0.2, 0.25) is 0 Å². The van der Waals surface area contributed by atoms with E-state index in [1.807, 2.05) is 18.2 Å². The Labute approximate surface area is 196 Å². The molecule has 1 unspecified atom stereocenters. The number of hydrogen-bond donors (Lipinski definition) is 2. The first-order valence-electron chi connectivity index (χ1n) is 9.84. The molecule has 1 atom stereocenters. The molecule has 1 heterocycles. The highest BCUT2D eigenvalue weighted by atomic mass is 127. The van der Waals surface area contributed by atoms with Gasteiger partial charge >= 0.3 is 0 Å². The predicted molar refractivity (Wildman–Crippen MR) is 135 cm³/mol. The van der Waals surface area contributed by atoms with Crippen molar-refractivity contribution in [3.63, 3.8) is 0 Å². The fourth-order valence-corrected chi connectivity index (χ4v) is 3.74. The highest BCUT2D eigenvalue weighted by Crippen LogP contribution is 2.14. The number of nitrogens with zero attached hydrogens (tertiary/aromatic N) is 2. The summed E-state index contributed by atoms with van der Waals surface area (Å²) < 4.78 is 0. The van der Waals surface area contributed by atoms with Crippen LogP contribution in [-0.2, 0) is 12.8 Å². The van der Waals surface area contributed by atoms with E-state index in [0.29, 0.717) is 5.92 Å². The number of halogens is 1. The molecule has 2 rings (SSSR count). The van der Waals surface area contributed by atoms with Crippen LogP contribution in [0.4, 0.5) is 0 Å². The monoisotopic (exact) mass is 528 g/mol. The number of hydrogen-bond acceptors (Lipinski definition) is 3. The second-order valence-corrected chi connectivity index (χ2v) is 8.22.